The van der Waals surface area contributed by atoms with Crippen LogP contribution in [0, 0.1) is 6.92 Å². The summed E-state index contributed by atoms with van der Waals surface area (Å²) in [7, 11) is 0. The van der Waals surface area contributed by atoms with E-state index in [9.17, 15) is 18.3 Å². The van der Waals surface area contributed by atoms with Crippen molar-refractivity contribution in [3.8, 4) is 16.9 Å². The molecule has 0 atom stereocenters. The molecular weight excluding hydrogens is 241 g/mol. The second-order valence-electron chi connectivity index (χ2n) is 4.08. The lowest BCUT2D eigenvalue weighted by Gasteiger charge is -2.11. The lowest BCUT2D eigenvalue weighted by Crippen LogP contribution is -2.04. The topological polar surface area (TPSA) is 20.2 Å². The Bertz CT molecular complexity index is 573. The van der Waals surface area contributed by atoms with Crippen LogP contribution in [0.2, 0.25) is 0 Å². The first-order chi connectivity index (χ1) is 8.38. The first-order valence-corrected chi connectivity index (χ1v) is 5.35. The van der Waals surface area contributed by atoms with E-state index in [4.69, 9.17) is 0 Å². The number of aromatic hydroxyl groups is 1. The highest BCUT2D eigenvalue weighted by Gasteiger charge is 2.31. The molecule has 0 radical (unpaired) electrons. The van der Waals surface area contributed by atoms with Gasteiger partial charge in [0.2, 0.25) is 0 Å². The summed E-state index contributed by atoms with van der Waals surface area (Å²) in [5, 5.41) is 9.41. The predicted molar refractivity (Wildman–Crippen MR) is 63.3 cm³/mol. The lowest BCUT2D eigenvalue weighted by molar-refractivity contribution is -0.137. The number of hydrogen-bond acceptors (Lipinski definition) is 1. The molecule has 4 heteroatoms. The average molecular weight is 252 g/mol. The van der Waals surface area contributed by atoms with E-state index in [0.29, 0.717) is 11.1 Å². The van der Waals surface area contributed by atoms with E-state index in [1.807, 2.05) is 19.1 Å². The molecule has 0 aliphatic rings. The molecule has 0 saturated heterocycles. The quantitative estimate of drug-likeness (QED) is 0.798. The minimum absolute atomic E-state index is 0.362. The Kier molecular flexibility index (Phi) is 3.03. The Morgan fingerprint density at radius 2 is 1.67 bits per heavy atom. The van der Waals surface area contributed by atoms with E-state index in [1.165, 1.54) is 6.07 Å². The highest BCUT2D eigenvalue weighted by molar-refractivity contribution is 5.69. The van der Waals surface area contributed by atoms with E-state index in [2.05, 4.69) is 0 Å². The molecular formula is C14H11F3O. The molecule has 1 N–H and O–H groups in total. The monoisotopic (exact) mass is 252 g/mol. The van der Waals surface area contributed by atoms with Crippen LogP contribution < -0.4 is 0 Å². The van der Waals surface area contributed by atoms with Gasteiger partial charge in [-0.2, -0.15) is 13.2 Å². The number of benzene rings is 2. The van der Waals surface area contributed by atoms with Crippen LogP contribution in [0.3, 0.4) is 0 Å². The molecule has 0 fully saturated rings. The molecule has 94 valence electrons. The van der Waals surface area contributed by atoms with Crippen molar-refractivity contribution >= 4 is 0 Å². The van der Waals surface area contributed by atoms with Crippen molar-refractivity contribution < 1.29 is 18.3 Å². The van der Waals surface area contributed by atoms with Crippen LogP contribution in [-0.4, -0.2) is 5.11 Å². The Labute approximate surface area is 103 Å². The van der Waals surface area contributed by atoms with Crippen molar-refractivity contribution in [1.29, 1.82) is 0 Å². The molecule has 0 unspecified atom stereocenters. The number of halogens is 3. The molecule has 0 aromatic heterocycles. The van der Waals surface area contributed by atoms with Gasteiger partial charge in [-0.15, -0.1) is 0 Å². The SMILES string of the molecule is Cc1ccccc1-c1cc(O)cc(C(F)(F)F)c1. The molecule has 2 rings (SSSR count). The summed E-state index contributed by atoms with van der Waals surface area (Å²) in [5.74, 6) is -0.386. The van der Waals surface area contributed by atoms with Crippen LogP contribution in [-0.2, 0) is 6.18 Å². The molecule has 0 aliphatic heterocycles. The molecule has 2 aromatic rings. The van der Waals surface area contributed by atoms with Gasteiger partial charge >= 0.3 is 6.18 Å². The number of phenols is 1. The van der Waals surface area contributed by atoms with Gasteiger partial charge in [0.1, 0.15) is 5.75 Å². The van der Waals surface area contributed by atoms with E-state index >= 15 is 0 Å². The summed E-state index contributed by atoms with van der Waals surface area (Å²) in [4.78, 5) is 0. The molecule has 0 amide bonds. The van der Waals surface area contributed by atoms with Crippen LogP contribution >= 0.6 is 0 Å². The normalized spacial score (nSPS) is 11.6. The largest absolute Gasteiger partial charge is 0.508 e. The van der Waals surface area contributed by atoms with Crippen LogP contribution in [0.25, 0.3) is 11.1 Å². The minimum Gasteiger partial charge on any atom is -0.508 e. The van der Waals surface area contributed by atoms with Crippen molar-refractivity contribution in [3.05, 3.63) is 53.6 Å². The molecule has 0 spiro atoms. The van der Waals surface area contributed by atoms with Crippen LogP contribution in [0.4, 0.5) is 13.2 Å². The van der Waals surface area contributed by atoms with Crippen molar-refractivity contribution in [3.63, 3.8) is 0 Å². The maximum Gasteiger partial charge on any atom is 0.416 e. The van der Waals surface area contributed by atoms with Gasteiger partial charge in [0.25, 0.3) is 0 Å². The number of rotatable bonds is 1. The second kappa shape index (κ2) is 4.37. The van der Waals surface area contributed by atoms with Gasteiger partial charge in [-0.1, -0.05) is 24.3 Å². The third-order valence-corrected chi connectivity index (χ3v) is 2.70. The standard InChI is InChI=1S/C14H11F3O/c1-9-4-2-3-5-13(9)10-6-11(14(15,16)17)8-12(18)7-10/h2-8,18H,1H3. The van der Waals surface area contributed by atoms with E-state index in [-0.39, 0.29) is 5.75 Å². The first-order valence-electron chi connectivity index (χ1n) is 5.35. The minimum atomic E-state index is -4.46. The molecule has 0 heterocycles. The van der Waals surface area contributed by atoms with E-state index in [0.717, 1.165) is 17.7 Å². The summed E-state index contributed by atoms with van der Waals surface area (Å²) in [6.07, 6.45) is -4.46. The third-order valence-electron chi connectivity index (χ3n) is 2.70. The Balaban J connectivity index is 2.60. The second-order valence-corrected chi connectivity index (χ2v) is 4.08. The van der Waals surface area contributed by atoms with E-state index in [1.54, 1.807) is 12.1 Å². The fourth-order valence-electron chi connectivity index (χ4n) is 1.83. The predicted octanol–water partition coefficient (Wildman–Crippen LogP) is 4.39. The van der Waals surface area contributed by atoms with Gasteiger partial charge in [0.15, 0.2) is 0 Å². The molecule has 0 aliphatic carbocycles. The maximum atomic E-state index is 12.7. The summed E-state index contributed by atoms with van der Waals surface area (Å²) < 4.78 is 38.0. The number of alkyl halides is 3. The Hall–Kier alpha value is -1.97. The average Bonchev–Trinajstić information content (AvgIpc) is 2.27. The van der Waals surface area contributed by atoms with Crippen molar-refractivity contribution in [1.82, 2.24) is 0 Å². The van der Waals surface area contributed by atoms with Crippen LogP contribution in [0.5, 0.6) is 5.75 Å². The zero-order valence-corrected chi connectivity index (χ0v) is 9.62. The van der Waals surface area contributed by atoms with Gasteiger partial charge in [0.05, 0.1) is 5.56 Å². The van der Waals surface area contributed by atoms with Gasteiger partial charge in [0, 0.05) is 0 Å². The van der Waals surface area contributed by atoms with E-state index < -0.39 is 11.7 Å². The first kappa shape index (κ1) is 12.5. The lowest BCUT2D eigenvalue weighted by atomic mass is 9.98. The third kappa shape index (κ3) is 2.47. The molecule has 0 bridgehead atoms. The van der Waals surface area contributed by atoms with Gasteiger partial charge in [-0.05, 0) is 41.8 Å². The summed E-state index contributed by atoms with van der Waals surface area (Å²) in [6.45, 7) is 1.81. The van der Waals surface area contributed by atoms with Crippen molar-refractivity contribution in [2.45, 2.75) is 13.1 Å². The maximum absolute atomic E-state index is 12.7. The summed E-state index contributed by atoms with van der Waals surface area (Å²) in [5.41, 5.74) is 1.05. The summed E-state index contributed by atoms with van der Waals surface area (Å²) in [6, 6.07) is 10.2. The number of hydrogen-bond donors (Lipinski definition) is 1. The Morgan fingerprint density at radius 3 is 2.28 bits per heavy atom. The molecule has 0 saturated carbocycles. The fourth-order valence-corrected chi connectivity index (χ4v) is 1.83. The highest BCUT2D eigenvalue weighted by Crippen LogP contribution is 2.35. The van der Waals surface area contributed by atoms with Crippen LogP contribution in [0.15, 0.2) is 42.5 Å². The highest BCUT2D eigenvalue weighted by atomic mass is 19.4. The van der Waals surface area contributed by atoms with Crippen molar-refractivity contribution in [2.24, 2.45) is 0 Å². The smallest absolute Gasteiger partial charge is 0.416 e. The number of aryl methyl sites for hydroxylation is 1. The molecule has 2 aromatic carbocycles. The zero-order valence-electron chi connectivity index (χ0n) is 9.62. The molecule has 18 heavy (non-hydrogen) atoms. The Morgan fingerprint density at radius 1 is 1.00 bits per heavy atom. The summed E-state index contributed by atoms with van der Waals surface area (Å²) >= 11 is 0. The van der Waals surface area contributed by atoms with Crippen LogP contribution in [0.1, 0.15) is 11.1 Å². The fraction of sp³-hybridized carbons (Fsp3) is 0.143. The van der Waals surface area contributed by atoms with Crippen molar-refractivity contribution in [2.75, 3.05) is 0 Å². The zero-order chi connectivity index (χ0) is 13.3. The molecule has 1 nitrogen and oxygen atoms in total. The number of phenolic OH excluding ortho intramolecular Hbond substituents is 1. The van der Waals surface area contributed by atoms with Gasteiger partial charge in [-0.3, -0.25) is 0 Å². The van der Waals surface area contributed by atoms with Gasteiger partial charge < -0.3 is 5.11 Å². The van der Waals surface area contributed by atoms with Gasteiger partial charge in [-0.25, -0.2) is 0 Å².